The van der Waals surface area contributed by atoms with Crippen LogP contribution in [0.3, 0.4) is 0 Å². The van der Waals surface area contributed by atoms with E-state index in [2.05, 4.69) is 10.3 Å². The van der Waals surface area contributed by atoms with E-state index in [-0.39, 0.29) is 5.88 Å². The minimum atomic E-state index is -0.0399. The first-order valence-electron chi connectivity index (χ1n) is 7.31. The molecule has 4 heteroatoms. The molecule has 2 N–H and O–H groups in total. The van der Waals surface area contributed by atoms with Crippen LogP contribution in [0, 0.1) is 11.8 Å². The van der Waals surface area contributed by atoms with Crippen LogP contribution in [0.4, 0.5) is 6.01 Å². The van der Waals surface area contributed by atoms with Crippen molar-refractivity contribution < 1.29 is 9.52 Å². The Labute approximate surface area is 117 Å². The Bertz CT molecular complexity index is 608. The minimum Gasteiger partial charge on any atom is -0.490 e. The van der Waals surface area contributed by atoms with Crippen LogP contribution in [-0.2, 0) is 0 Å². The summed E-state index contributed by atoms with van der Waals surface area (Å²) < 4.78 is 5.70. The van der Waals surface area contributed by atoms with Gasteiger partial charge in [-0.3, -0.25) is 0 Å². The Morgan fingerprint density at radius 2 is 2.00 bits per heavy atom. The van der Waals surface area contributed by atoms with E-state index in [4.69, 9.17) is 4.42 Å². The SMILES string of the molecule is Oc1nc(NC2CC3CCC2C3)oc1-c1ccccc1. The quantitative estimate of drug-likeness (QED) is 0.893. The lowest BCUT2D eigenvalue weighted by molar-refractivity contribution is 0.428. The number of anilines is 1. The van der Waals surface area contributed by atoms with Gasteiger partial charge in [0.25, 0.3) is 11.9 Å². The van der Waals surface area contributed by atoms with Crippen LogP contribution in [-0.4, -0.2) is 16.1 Å². The average Bonchev–Trinajstić information content (AvgIpc) is 3.16. The zero-order valence-corrected chi connectivity index (χ0v) is 11.2. The molecule has 3 atom stereocenters. The van der Waals surface area contributed by atoms with Crippen LogP contribution in [0.1, 0.15) is 25.7 Å². The van der Waals surface area contributed by atoms with Gasteiger partial charge < -0.3 is 14.8 Å². The van der Waals surface area contributed by atoms with Crippen molar-refractivity contribution in [2.24, 2.45) is 11.8 Å². The second-order valence-corrected chi connectivity index (χ2v) is 5.96. The van der Waals surface area contributed by atoms with Gasteiger partial charge in [0, 0.05) is 11.6 Å². The molecule has 0 spiro atoms. The number of rotatable bonds is 3. The molecule has 4 nitrogen and oxygen atoms in total. The first-order valence-corrected chi connectivity index (χ1v) is 7.31. The van der Waals surface area contributed by atoms with E-state index in [0.717, 1.165) is 17.4 Å². The Morgan fingerprint density at radius 1 is 1.15 bits per heavy atom. The summed E-state index contributed by atoms with van der Waals surface area (Å²) in [7, 11) is 0. The number of hydrogen-bond donors (Lipinski definition) is 2. The van der Waals surface area contributed by atoms with Crippen LogP contribution in [0.5, 0.6) is 5.88 Å². The standard InChI is InChI=1S/C16H18N2O2/c19-15-14(11-4-2-1-3-5-11)20-16(18-15)17-13-9-10-6-7-12(13)8-10/h1-5,10,12-13,19H,6-9H2,(H,17,18). The lowest BCUT2D eigenvalue weighted by atomic mass is 9.96. The minimum absolute atomic E-state index is 0.0399. The fourth-order valence-electron chi connectivity index (χ4n) is 3.73. The van der Waals surface area contributed by atoms with E-state index in [1.807, 2.05) is 30.3 Å². The molecule has 2 aliphatic rings. The number of nitrogens with one attached hydrogen (secondary N) is 1. The topological polar surface area (TPSA) is 58.3 Å². The first kappa shape index (κ1) is 11.8. The van der Waals surface area contributed by atoms with E-state index in [0.29, 0.717) is 17.8 Å². The number of aromatic nitrogens is 1. The third-order valence-corrected chi connectivity index (χ3v) is 4.69. The lowest BCUT2D eigenvalue weighted by Gasteiger charge is -2.21. The van der Waals surface area contributed by atoms with Gasteiger partial charge in [0.05, 0.1) is 0 Å². The van der Waals surface area contributed by atoms with Crippen molar-refractivity contribution in [2.45, 2.75) is 31.7 Å². The molecule has 2 saturated carbocycles. The summed E-state index contributed by atoms with van der Waals surface area (Å²) in [6.45, 7) is 0. The molecule has 104 valence electrons. The van der Waals surface area contributed by atoms with Crippen molar-refractivity contribution in [1.82, 2.24) is 4.98 Å². The van der Waals surface area contributed by atoms with Crippen molar-refractivity contribution in [3.8, 4) is 17.2 Å². The molecular weight excluding hydrogens is 252 g/mol. The van der Waals surface area contributed by atoms with Gasteiger partial charge in [0.1, 0.15) is 0 Å². The van der Waals surface area contributed by atoms with E-state index in [1.165, 1.54) is 25.7 Å². The van der Waals surface area contributed by atoms with Crippen molar-refractivity contribution in [3.05, 3.63) is 30.3 Å². The number of aromatic hydroxyl groups is 1. The molecule has 2 fully saturated rings. The molecule has 2 bridgehead atoms. The zero-order chi connectivity index (χ0) is 13.5. The summed E-state index contributed by atoms with van der Waals surface area (Å²) in [5.74, 6) is 2.02. The fraction of sp³-hybridized carbons (Fsp3) is 0.438. The molecule has 0 aliphatic heterocycles. The van der Waals surface area contributed by atoms with Gasteiger partial charge in [-0.15, -0.1) is 0 Å². The van der Waals surface area contributed by atoms with E-state index < -0.39 is 0 Å². The fourth-order valence-corrected chi connectivity index (χ4v) is 3.73. The van der Waals surface area contributed by atoms with Gasteiger partial charge in [0.2, 0.25) is 0 Å². The maximum Gasteiger partial charge on any atom is 0.298 e. The Kier molecular flexibility index (Phi) is 2.69. The molecular formula is C16H18N2O2. The summed E-state index contributed by atoms with van der Waals surface area (Å²) in [4.78, 5) is 4.11. The largest absolute Gasteiger partial charge is 0.490 e. The number of benzene rings is 1. The van der Waals surface area contributed by atoms with Crippen molar-refractivity contribution in [1.29, 1.82) is 0 Å². The second-order valence-electron chi connectivity index (χ2n) is 5.96. The summed E-state index contributed by atoms with van der Waals surface area (Å²) in [5.41, 5.74) is 0.846. The van der Waals surface area contributed by atoms with E-state index in [9.17, 15) is 5.11 Å². The molecule has 2 aromatic rings. The smallest absolute Gasteiger partial charge is 0.298 e. The van der Waals surface area contributed by atoms with Crippen LogP contribution in [0.2, 0.25) is 0 Å². The third kappa shape index (κ3) is 1.96. The molecule has 1 heterocycles. The third-order valence-electron chi connectivity index (χ3n) is 4.69. The normalized spacial score (nSPS) is 27.9. The highest BCUT2D eigenvalue weighted by Crippen LogP contribution is 2.45. The molecule has 2 aliphatic carbocycles. The van der Waals surface area contributed by atoms with Crippen molar-refractivity contribution in [3.63, 3.8) is 0 Å². The number of hydrogen-bond acceptors (Lipinski definition) is 4. The van der Waals surface area contributed by atoms with Gasteiger partial charge in [0.15, 0.2) is 5.76 Å². The number of nitrogens with zero attached hydrogens (tertiary/aromatic N) is 1. The van der Waals surface area contributed by atoms with Crippen LogP contribution in [0.15, 0.2) is 34.7 Å². The maximum atomic E-state index is 9.95. The molecule has 20 heavy (non-hydrogen) atoms. The maximum absolute atomic E-state index is 9.95. The van der Waals surface area contributed by atoms with Gasteiger partial charge in [-0.2, -0.15) is 4.98 Å². The zero-order valence-electron chi connectivity index (χ0n) is 11.2. The van der Waals surface area contributed by atoms with Gasteiger partial charge in [-0.1, -0.05) is 36.8 Å². The first-order chi connectivity index (χ1) is 9.79. The van der Waals surface area contributed by atoms with Crippen molar-refractivity contribution >= 4 is 6.01 Å². The summed E-state index contributed by atoms with van der Waals surface area (Å²) >= 11 is 0. The molecule has 3 unspecified atom stereocenters. The molecule has 4 rings (SSSR count). The number of fused-ring (bicyclic) bond motifs is 2. The van der Waals surface area contributed by atoms with Gasteiger partial charge in [-0.05, 0) is 31.1 Å². The average molecular weight is 270 g/mol. The van der Waals surface area contributed by atoms with E-state index >= 15 is 0 Å². The molecule has 0 amide bonds. The van der Waals surface area contributed by atoms with Crippen LogP contribution >= 0.6 is 0 Å². The molecule has 0 radical (unpaired) electrons. The van der Waals surface area contributed by atoms with Crippen LogP contribution < -0.4 is 5.32 Å². The molecule has 0 saturated heterocycles. The van der Waals surface area contributed by atoms with E-state index in [1.54, 1.807) is 0 Å². The highest BCUT2D eigenvalue weighted by Gasteiger charge is 2.40. The number of oxazole rings is 1. The monoisotopic (exact) mass is 270 g/mol. The Balaban J connectivity index is 1.55. The Hall–Kier alpha value is -1.97. The van der Waals surface area contributed by atoms with Crippen molar-refractivity contribution in [2.75, 3.05) is 5.32 Å². The summed E-state index contributed by atoms with van der Waals surface area (Å²) in [6, 6.07) is 10.5. The molecule has 1 aromatic carbocycles. The highest BCUT2D eigenvalue weighted by atomic mass is 16.4. The summed E-state index contributed by atoms with van der Waals surface area (Å²) in [6.07, 6.45) is 5.21. The Morgan fingerprint density at radius 3 is 2.70 bits per heavy atom. The highest BCUT2D eigenvalue weighted by molar-refractivity contribution is 5.63. The predicted molar refractivity (Wildman–Crippen MR) is 76.5 cm³/mol. The van der Waals surface area contributed by atoms with Gasteiger partial charge in [-0.25, -0.2) is 0 Å². The lowest BCUT2D eigenvalue weighted by Crippen LogP contribution is -2.25. The second kappa shape index (κ2) is 4.54. The van der Waals surface area contributed by atoms with Gasteiger partial charge >= 0.3 is 0 Å². The van der Waals surface area contributed by atoms with Crippen LogP contribution in [0.25, 0.3) is 11.3 Å². The summed E-state index contributed by atoms with van der Waals surface area (Å²) in [5, 5.41) is 13.3. The predicted octanol–water partition coefficient (Wildman–Crippen LogP) is 3.65. The molecule has 1 aromatic heterocycles.